The minimum Gasteiger partial charge on any atom is -0.497 e. The Morgan fingerprint density at radius 2 is 1.79 bits per heavy atom. The van der Waals surface area contributed by atoms with Crippen LogP contribution in [-0.2, 0) is 6.42 Å². The first-order valence-corrected chi connectivity index (χ1v) is 7.11. The van der Waals surface area contributed by atoms with Crippen LogP contribution in [0.3, 0.4) is 0 Å². The molecule has 1 aromatic rings. The van der Waals surface area contributed by atoms with Gasteiger partial charge >= 0.3 is 0 Å². The molecule has 0 amide bonds. The van der Waals surface area contributed by atoms with Gasteiger partial charge in [-0.25, -0.2) is 0 Å². The normalized spacial score (nSPS) is 11.9. The Bertz CT molecular complexity index is 360. The van der Waals surface area contributed by atoms with Crippen LogP contribution in [0.2, 0.25) is 0 Å². The minimum absolute atomic E-state index is 0.0719. The van der Waals surface area contributed by atoms with E-state index in [1.54, 1.807) is 7.11 Å². The molecule has 1 rings (SSSR count). The van der Waals surface area contributed by atoms with E-state index in [0.717, 1.165) is 31.7 Å². The van der Waals surface area contributed by atoms with Crippen molar-refractivity contribution in [2.75, 3.05) is 26.7 Å². The molecule has 0 saturated heterocycles. The van der Waals surface area contributed by atoms with Gasteiger partial charge in [-0.05, 0) is 50.9 Å². The van der Waals surface area contributed by atoms with Crippen LogP contribution in [-0.4, -0.2) is 37.2 Å². The predicted octanol–water partition coefficient (Wildman–Crippen LogP) is 2.69. The molecule has 19 heavy (non-hydrogen) atoms. The molecule has 0 atom stereocenters. The summed E-state index contributed by atoms with van der Waals surface area (Å²) in [6, 6.07) is 8.32. The third-order valence-electron chi connectivity index (χ3n) is 3.68. The summed E-state index contributed by atoms with van der Waals surface area (Å²) in [6.45, 7) is 9.49. The summed E-state index contributed by atoms with van der Waals surface area (Å²) in [7, 11) is 1.70. The van der Waals surface area contributed by atoms with Crippen LogP contribution in [0.5, 0.6) is 5.75 Å². The van der Waals surface area contributed by atoms with Gasteiger partial charge in [-0.3, -0.25) is 4.90 Å². The monoisotopic (exact) mass is 264 g/mol. The zero-order valence-corrected chi connectivity index (χ0v) is 12.8. The molecule has 108 valence electrons. The van der Waals surface area contributed by atoms with Gasteiger partial charge in [-0.15, -0.1) is 0 Å². The number of nitrogens with zero attached hydrogens (tertiary/aromatic N) is 1. The van der Waals surface area contributed by atoms with Crippen molar-refractivity contribution >= 4 is 0 Å². The van der Waals surface area contributed by atoms with Gasteiger partial charge in [0.25, 0.3) is 0 Å². The molecule has 0 aromatic heterocycles. The zero-order chi connectivity index (χ0) is 14.3. The lowest BCUT2D eigenvalue weighted by molar-refractivity contribution is 0.128. The lowest BCUT2D eigenvalue weighted by Gasteiger charge is -2.37. The van der Waals surface area contributed by atoms with Crippen molar-refractivity contribution in [1.29, 1.82) is 0 Å². The van der Waals surface area contributed by atoms with Crippen LogP contribution in [0, 0.1) is 0 Å². The molecule has 0 aliphatic rings. The van der Waals surface area contributed by atoms with Crippen molar-refractivity contribution in [2.24, 2.45) is 5.73 Å². The quantitative estimate of drug-likeness (QED) is 0.784. The molecular formula is C16H28N2O. The fourth-order valence-corrected chi connectivity index (χ4v) is 2.17. The molecule has 0 radical (unpaired) electrons. The summed E-state index contributed by atoms with van der Waals surface area (Å²) in [5, 5.41) is 0. The van der Waals surface area contributed by atoms with E-state index in [4.69, 9.17) is 10.5 Å². The lowest BCUT2D eigenvalue weighted by atomic mass is 10.0. The molecule has 0 unspecified atom stereocenters. The second-order valence-electron chi connectivity index (χ2n) is 5.60. The fraction of sp³-hybridized carbons (Fsp3) is 0.625. The summed E-state index contributed by atoms with van der Waals surface area (Å²) in [6.07, 6.45) is 2.21. The second-order valence-corrected chi connectivity index (χ2v) is 5.60. The van der Waals surface area contributed by atoms with Crippen LogP contribution < -0.4 is 10.5 Å². The summed E-state index contributed by atoms with van der Waals surface area (Å²) in [4.78, 5) is 2.48. The van der Waals surface area contributed by atoms with E-state index in [1.165, 1.54) is 5.56 Å². The third kappa shape index (κ3) is 4.84. The van der Waals surface area contributed by atoms with E-state index < -0.39 is 0 Å². The Hall–Kier alpha value is -1.06. The van der Waals surface area contributed by atoms with Gasteiger partial charge in [-0.1, -0.05) is 19.1 Å². The molecule has 0 aliphatic carbocycles. The van der Waals surface area contributed by atoms with Crippen LogP contribution >= 0.6 is 0 Å². The number of hydrogen-bond acceptors (Lipinski definition) is 3. The smallest absolute Gasteiger partial charge is 0.118 e. The summed E-state index contributed by atoms with van der Waals surface area (Å²) in [5.74, 6) is 0.913. The maximum atomic E-state index is 5.89. The third-order valence-corrected chi connectivity index (χ3v) is 3.68. The highest BCUT2D eigenvalue weighted by Crippen LogP contribution is 2.16. The molecule has 3 nitrogen and oxygen atoms in total. The average molecular weight is 264 g/mol. The van der Waals surface area contributed by atoms with Crippen molar-refractivity contribution in [3.63, 3.8) is 0 Å². The zero-order valence-electron chi connectivity index (χ0n) is 12.8. The summed E-state index contributed by atoms with van der Waals surface area (Å²) < 4.78 is 5.18. The lowest BCUT2D eigenvalue weighted by Crippen LogP contribution is -2.50. The largest absolute Gasteiger partial charge is 0.497 e. The molecule has 0 fully saturated rings. The van der Waals surface area contributed by atoms with Crippen molar-refractivity contribution in [3.05, 3.63) is 29.8 Å². The summed E-state index contributed by atoms with van der Waals surface area (Å²) in [5.41, 5.74) is 7.30. The van der Waals surface area contributed by atoms with Crippen LogP contribution in [0.4, 0.5) is 0 Å². The van der Waals surface area contributed by atoms with Crippen molar-refractivity contribution in [2.45, 2.75) is 39.2 Å². The Balaban J connectivity index is 2.60. The van der Waals surface area contributed by atoms with Gasteiger partial charge in [0, 0.05) is 18.6 Å². The van der Waals surface area contributed by atoms with Gasteiger partial charge in [0.1, 0.15) is 5.75 Å². The van der Waals surface area contributed by atoms with E-state index in [-0.39, 0.29) is 5.54 Å². The van der Waals surface area contributed by atoms with Crippen molar-refractivity contribution in [3.8, 4) is 5.75 Å². The van der Waals surface area contributed by atoms with E-state index in [1.807, 2.05) is 12.1 Å². The van der Waals surface area contributed by atoms with E-state index in [9.17, 15) is 0 Å². The Morgan fingerprint density at radius 3 is 2.26 bits per heavy atom. The molecule has 1 aromatic carbocycles. The molecule has 0 bridgehead atoms. The first-order chi connectivity index (χ1) is 9.03. The fourth-order valence-electron chi connectivity index (χ4n) is 2.17. The Kier molecular flexibility index (Phi) is 6.32. The number of hydrogen-bond donors (Lipinski definition) is 1. The highest BCUT2D eigenvalue weighted by molar-refractivity contribution is 5.27. The molecule has 0 aliphatic heterocycles. The van der Waals surface area contributed by atoms with Crippen LogP contribution in [0.1, 0.15) is 32.8 Å². The topological polar surface area (TPSA) is 38.5 Å². The summed E-state index contributed by atoms with van der Waals surface area (Å²) >= 11 is 0. The number of rotatable bonds is 8. The van der Waals surface area contributed by atoms with Crippen LogP contribution in [0.25, 0.3) is 0 Å². The highest BCUT2D eigenvalue weighted by atomic mass is 16.5. The van der Waals surface area contributed by atoms with Gasteiger partial charge < -0.3 is 10.5 Å². The van der Waals surface area contributed by atoms with Gasteiger partial charge in [-0.2, -0.15) is 0 Å². The first-order valence-electron chi connectivity index (χ1n) is 7.11. The Morgan fingerprint density at radius 1 is 1.16 bits per heavy atom. The number of benzene rings is 1. The van der Waals surface area contributed by atoms with Crippen molar-refractivity contribution in [1.82, 2.24) is 4.90 Å². The second kappa shape index (κ2) is 7.51. The minimum atomic E-state index is 0.0719. The predicted molar refractivity (Wildman–Crippen MR) is 81.7 cm³/mol. The van der Waals surface area contributed by atoms with Gasteiger partial charge in [0.05, 0.1) is 7.11 Å². The Labute approximate surface area is 117 Å². The van der Waals surface area contributed by atoms with Crippen LogP contribution in [0.15, 0.2) is 24.3 Å². The number of nitrogens with two attached hydrogens (primary N) is 1. The van der Waals surface area contributed by atoms with E-state index in [0.29, 0.717) is 6.54 Å². The maximum Gasteiger partial charge on any atom is 0.118 e. The van der Waals surface area contributed by atoms with E-state index >= 15 is 0 Å². The SMILES string of the molecule is CCCN(CCc1ccc(OC)cc1)C(C)(C)CN. The highest BCUT2D eigenvalue weighted by Gasteiger charge is 2.23. The first kappa shape index (κ1) is 16.0. The van der Waals surface area contributed by atoms with Crippen molar-refractivity contribution < 1.29 is 4.74 Å². The standard InChI is InChI=1S/C16H28N2O/c1-5-11-18(16(2,3)13-17)12-10-14-6-8-15(19-4)9-7-14/h6-9H,5,10-13,17H2,1-4H3. The van der Waals surface area contributed by atoms with Gasteiger partial charge in [0.2, 0.25) is 0 Å². The molecule has 0 saturated carbocycles. The van der Waals surface area contributed by atoms with Gasteiger partial charge in [0.15, 0.2) is 0 Å². The molecule has 2 N–H and O–H groups in total. The molecule has 3 heteroatoms. The maximum absolute atomic E-state index is 5.89. The van der Waals surface area contributed by atoms with E-state index in [2.05, 4.69) is 37.8 Å². The number of methoxy groups -OCH3 is 1. The molecular weight excluding hydrogens is 236 g/mol. The molecule has 0 heterocycles. The number of ether oxygens (including phenoxy) is 1. The average Bonchev–Trinajstić information content (AvgIpc) is 2.43. The molecule has 0 spiro atoms.